The SMILES string of the molecule is CCCCC1(NC2CCCC2)CCC2C=CC=CC2C1. The monoisotopic (exact) mass is 273 g/mol. The number of fused-ring (bicyclic) bond motifs is 1. The quantitative estimate of drug-likeness (QED) is 0.744. The van der Waals surface area contributed by atoms with Crippen molar-refractivity contribution >= 4 is 0 Å². The van der Waals surface area contributed by atoms with Crippen molar-refractivity contribution in [2.24, 2.45) is 11.8 Å². The molecule has 3 unspecified atom stereocenters. The molecule has 0 aromatic rings. The summed E-state index contributed by atoms with van der Waals surface area (Å²) in [5.74, 6) is 1.61. The summed E-state index contributed by atoms with van der Waals surface area (Å²) >= 11 is 0. The Kier molecular flexibility index (Phi) is 4.65. The first-order valence-corrected chi connectivity index (χ1v) is 8.94. The molecule has 112 valence electrons. The van der Waals surface area contributed by atoms with Gasteiger partial charge in [-0.3, -0.25) is 0 Å². The lowest BCUT2D eigenvalue weighted by Crippen LogP contribution is -2.53. The molecule has 0 spiro atoms. The molecule has 0 radical (unpaired) electrons. The molecule has 3 atom stereocenters. The van der Waals surface area contributed by atoms with Gasteiger partial charge in [0.25, 0.3) is 0 Å². The number of nitrogens with one attached hydrogen (secondary N) is 1. The summed E-state index contributed by atoms with van der Waals surface area (Å²) in [4.78, 5) is 0. The second-order valence-corrected chi connectivity index (χ2v) is 7.35. The molecule has 2 saturated carbocycles. The smallest absolute Gasteiger partial charge is 0.0190 e. The van der Waals surface area contributed by atoms with E-state index < -0.39 is 0 Å². The van der Waals surface area contributed by atoms with Crippen LogP contribution in [0.1, 0.15) is 71.1 Å². The molecule has 0 aliphatic heterocycles. The third-order valence-electron chi connectivity index (χ3n) is 5.83. The predicted octanol–water partition coefficient (Wildman–Crippen LogP) is 4.99. The molecule has 0 saturated heterocycles. The maximum Gasteiger partial charge on any atom is 0.0190 e. The van der Waals surface area contributed by atoms with E-state index in [1.165, 1.54) is 64.2 Å². The highest BCUT2D eigenvalue weighted by Gasteiger charge is 2.40. The number of rotatable bonds is 5. The number of allylic oxidation sites excluding steroid dienone is 4. The van der Waals surface area contributed by atoms with Crippen LogP contribution in [0.5, 0.6) is 0 Å². The van der Waals surface area contributed by atoms with Crippen molar-refractivity contribution in [3.05, 3.63) is 24.3 Å². The second-order valence-electron chi connectivity index (χ2n) is 7.35. The average Bonchev–Trinajstić information content (AvgIpc) is 2.98. The van der Waals surface area contributed by atoms with E-state index >= 15 is 0 Å². The zero-order valence-electron chi connectivity index (χ0n) is 13.1. The summed E-state index contributed by atoms with van der Waals surface area (Å²) in [6, 6.07) is 0.812. The fourth-order valence-electron chi connectivity index (χ4n) is 4.67. The minimum absolute atomic E-state index is 0.446. The molecule has 0 aromatic carbocycles. The minimum Gasteiger partial charge on any atom is -0.308 e. The van der Waals surface area contributed by atoms with Crippen molar-refractivity contribution in [2.75, 3.05) is 0 Å². The van der Waals surface area contributed by atoms with Crippen molar-refractivity contribution in [3.63, 3.8) is 0 Å². The number of unbranched alkanes of at least 4 members (excludes halogenated alkanes) is 1. The molecule has 2 fully saturated rings. The Bertz CT molecular complexity index is 364. The third-order valence-corrected chi connectivity index (χ3v) is 5.83. The van der Waals surface area contributed by atoms with E-state index in [0.717, 1.165) is 17.9 Å². The highest BCUT2D eigenvalue weighted by atomic mass is 15.0. The topological polar surface area (TPSA) is 12.0 Å². The fraction of sp³-hybridized carbons (Fsp3) is 0.789. The molecular formula is C19H31N. The van der Waals surface area contributed by atoms with Crippen LogP contribution >= 0.6 is 0 Å². The summed E-state index contributed by atoms with van der Waals surface area (Å²) in [6.45, 7) is 2.33. The van der Waals surface area contributed by atoms with Gasteiger partial charge in [-0.25, -0.2) is 0 Å². The molecule has 1 nitrogen and oxygen atoms in total. The second kappa shape index (κ2) is 6.47. The molecule has 3 rings (SSSR count). The Balaban J connectivity index is 1.68. The van der Waals surface area contributed by atoms with E-state index in [1.54, 1.807) is 0 Å². The molecule has 0 heterocycles. The van der Waals surface area contributed by atoms with Crippen LogP contribution in [0.2, 0.25) is 0 Å². The highest BCUT2D eigenvalue weighted by Crippen LogP contribution is 2.42. The first-order chi connectivity index (χ1) is 9.81. The van der Waals surface area contributed by atoms with Crippen molar-refractivity contribution < 1.29 is 0 Å². The molecule has 1 heteroatoms. The van der Waals surface area contributed by atoms with E-state index in [0.29, 0.717) is 5.54 Å². The number of hydrogen-bond donors (Lipinski definition) is 1. The molecule has 1 N–H and O–H groups in total. The first kappa shape index (κ1) is 14.4. The lowest BCUT2D eigenvalue weighted by atomic mass is 9.66. The van der Waals surface area contributed by atoms with Gasteiger partial charge in [-0.05, 0) is 50.4 Å². The summed E-state index contributed by atoms with van der Waals surface area (Å²) in [5.41, 5.74) is 0.446. The van der Waals surface area contributed by atoms with Crippen molar-refractivity contribution in [1.29, 1.82) is 0 Å². The Hall–Kier alpha value is -0.560. The van der Waals surface area contributed by atoms with Crippen molar-refractivity contribution in [1.82, 2.24) is 5.32 Å². The molecule has 0 bridgehead atoms. The molecule has 0 amide bonds. The molecular weight excluding hydrogens is 242 g/mol. The van der Waals surface area contributed by atoms with Crippen LogP contribution in [-0.4, -0.2) is 11.6 Å². The summed E-state index contributed by atoms with van der Waals surface area (Å²) in [6.07, 6.45) is 23.4. The van der Waals surface area contributed by atoms with Crippen LogP contribution in [-0.2, 0) is 0 Å². The number of hydrogen-bond acceptors (Lipinski definition) is 1. The van der Waals surface area contributed by atoms with Gasteiger partial charge in [0.15, 0.2) is 0 Å². The Labute approximate surface area is 124 Å². The van der Waals surface area contributed by atoms with Gasteiger partial charge in [-0.15, -0.1) is 0 Å². The summed E-state index contributed by atoms with van der Waals surface area (Å²) in [7, 11) is 0. The Morgan fingerprint density at radius 3 is 2.55 bits per heavy atom. The van der Waals surface area contributed by atoms with Crippen LogP contribution in [0, 0.1) is 11.8 Å². The van der Waals surface area contributed by atoms with Gasteiger partial charge in [-0.2, -0.15) is 0 Å². The van der Waals surface area contributed by atoms with Crippen molar-refractivity contribution in [3.8, 4) is 0 Å². The Morgan fingerprint density at radius 1 is 1.05 bits per heavy atom. The van der Waals surface area contributed by atoms with E-state index in [2.05, 4.69) is 36.5 Å². The van der Waals surface area contributed by atoms with Gasteiger partial charge in [0.05, 0.1) is 0 Å². The lowest BCUT2D eigenvalue weighted by molar-refractivity contribution is 0.139. The van der Waals surface area contributed by atoms with Crippen LogP contribution in [0.4, 0.5) is 0 Å². The van der Waals surface area contributed by atoms with E-state index in [4.69, 9.17) is 0 Å². The lowest BCUT2D eigenvalue weighted by Gasteiger charge is -2.46. The molecule has 3 aliphatic carbocycles. The summed E-state index contributed by atoms with van der Waals surface area (Å²) < 4.78 is 0. The van der Waals surface area contributed by atoms with Gasteiger partial charge >= 0.3 is 0 Å². The van der Waals surface area contributed by atoms with Gasteiger partial charge < -0.3 is 5.32 Å². The average molecular weight is 273 g/mol. The van der Waals surface area contributed by atoms with Crippen molar-refractivity contribution in [2.45, 2.75) is 82.7 Å². The van der Waals surface area contributed by atoms with Gasteiger partial charge in [-0.1, -0.05) is 56.9 Å². The normalized spacial score (nSPS) is 37.2. The largest absolute Gasteiger partial charge is 0.308 e. The summed E-state index contributed by atoms with van der Waals surface area (Å²) in [5, 5.41) is 4.14. The minimum atomic E-state index is 0.446. The molecule has 3 aliphatic rings. The van der Waals surface area contributed by atoms with Gasteiger partial charge in [0.2, 0.25) is 0 Å². The third kappa shape index (κ3) is 3.19. The molecule has 0 aromatic heterocycles. The maximum atomic E-state index is 4.14. The van der Waals surface area contributed by atoms with Crippen LogP contribution in [0.25, 0.3) is 0 Å². The van der Waals surface area contributed by atoms with Gasteiger partial charge in [0, 0.05) is 11.6 Å². The zero-order valence-corrected chi connectivity index (χ0v) is 13.1. The van der Waals surface area contributed by atoms with Crippen LogP contribution in [0.3, 0.4) is 0 Å². The van der Waals surface area contributed by atoms with Gasteiger partial charge in [0.1, 0.15) is 0 Å². The maximum absolute atomic E-state index is 4.14. The van der Waals surface area contributed by atoms with E-state index in [-0.39, 0.29) is 0 Å². The molecule has 20 heavy (non-hydrogen) atoms. The van der Waals surface area contributed by atoms with E-state index in [9.17, 15) is 0 Å². The first-order valence-electron chi connectivity index (χ1n) is 8.94. The zero-order chi connectivity index (χ0) is 13.8. The Morgan fingerprint density at radius 2 is 1.80 bits per heavy atom. The highest BCUT2D eigenvalue weighted by molar-refractivity contribution is 5.17. The predicted molar refractivity (Wildman–Crippen MR) is 86.8 cm³/mol. The standard InChI is InChI=1S/C19H31N/c1-2-3-13-19(20-18-10-6-7-11-18)14-12-16-8-4-5-9-17(16)15-19/h4-5,8-9,16-18,20H,2-3,6-7,10-15H2,1H3. The van der Waals surface area contributed by atoms with Crippen LogP contribution < -0.4 is 5.32 Å². The van der Waals surface area contributed by atoms with E-state index in [1.807, 2.05) is 0 Å². The van der Waals surface area contributed by atoms with Crippen LogP contribution in [0.15, 0.2) is 24.3 Å². The fourth-order valence-corrected chi connectivity index (χ4v) is 4.67.